The van der Waals surface area contributed by atoms with Crippen molar-refractivity contribution in [2.45, 2.75) is 27.2 Å². The van der Waals surface area contributed by atoms with Crippen molar-refractivity contribution < 1.29 is 23.8 Å². The first-order valence-electron chi connectivity index (χ1n) is 9.45. The molecule has 0 radical (unpaired) electrons. The van der Waals surface area contributed by atoms with Crippen LogP contribution in [0.2, 0.25) is 10.0 Å². The molecule has 2 rings (SSSR count). The van der Waals surface area contributed by atoms with Gasteiger partial charge in [-0.3, -0.25) is 4.79 Å². The quantitative estimate of drug-likeness (QED) is 0.505. The fraction of sp³-hybridized carbons (Fsp3) is 0.364. The van der Waals surface area contributed by atoms with Crippen molar-refractivity contribution in [1.82, 2.24) is 0 Å². The third kappa shape index (κ3) is 6.54. The molecule has 8 heteroatoms. The smallest absolute Gasteiger partial charge is 0.338 e. The lowest BCUT2D eigenvalue weighted by Crippen LogP contribution is -2.21. The van der Waals surface area contributed by atoms with E-state index in [1.165, 1.54) is 13.2 Å². The van der Waals surface area contributed by atoms with E-state index in [1.807, 2.05) is 0 Å². The van der Waals surface area contributed by atoms with Crippen LogP contribution in [-0.2, 0) is 9.53 Å². The van der Waals surface area contributed by atoms with Gasteiger partial charge in [-0.15, -0.1) is 0 Å². The number of esters is 1. The maximum atomic E-state index is 12.3. The molecule has 2 aromatic rings. The minimum absolute atomic E-state index is 0.238. The molecule has 0 spiro atoms. The zero-order valence-corrected chi connectivity index (χ0v) is 18.9. The lowest BCUT2D eigenvalue weighted by atomic mass is 10.1. The Labute approximate surface area is 186 Å². The van der Waals surface area contributed by atoms with Crippen molar-refractivity contribution in [2.75, 3.05) is 25.6 Å². The molecule has 162 valence electrons. The number of nitrogens with one attached hydrogen (secondary N) is 1. The van der Waals surface area contributed by atoms with Crippen LogP contribution in [0.15, 0.2) is 30.3 Å². The fourth-order valence-electron chi connectivity index (χ4n) is 2.48. The molecule has 30 heavy (non-hydrogen) atoms. The SMILES string of the molecule is COc1cc(C(=O)OCC(=O)Nc2c(Cl)ccc(C)c2Cl)ccc1OCCC(C)C. The average molecular weight is 454 g/mol. The summed E-state index contributed by atoms with van der Waals surface area (Å²) in [6.07, 6.45) is 0.900. The number of methoxy groups -OCH3 is 1. The Morgan fingerprint density at radius 2 is 1.83 bits per heavy atom. The first kappa shape index (κ1) is 23.8. The molecule has 1 amide bonds. The van der Waals surface area contributed by atoms with Gasteiger partial charge < -0.3 is 19.5 Å². The van der Waals surface area contributed by atoms with Crippen LogP contribution in [0.5, 0.6) is 11.5 Å². The van der Waals surface area contributed by atoms with Crippen LogP contribution in [0.25, 0.3) is 0 Å². The minimum Gasteiger partial charge on any atom is -0.493 e. The summed E-state index contributed by atoms with van der Waals surface area (Å²) in [5.41, 5.74) is 1.28. The van der Waals surface area contributed by atoms with Crippen LogP contribution in [0.4, 0.5) is 5.69 Å². The number of halogens is 2. The molecule has 0 aliphatic heterocycles. The molecule has 0 saturated carbocycles. The number of rotatable bonds is 9. The predicted octanol–water partition coefficient (Wildman–Crippen LogP) is 5.53. The minimum atomic E-state index is -0.668. The Morgan fingerprint density at radius 1 is 1.10 bits per heavy atom. The van der Waals surface area contributed by atoms with E-state index >= 15 is 0 Å². The fourth-order valence-corrected chi connectivity index (χ4v) is 2.94. The standard InChI is InChI=1S/C22H25Cl2NO5/c1-13(2)9-10-29-17-8-6-15(11-18(17)28-4)22(27)30-12-19(26)25-21-16(23)7-5-14(3)20(21)24/h5-8,11,13H,9-10,12H2,1-4H3,(H,25,26). The second kappa shape index (κ2) is 11.1. The van der Waals surface area contributed by atoms with E-state index < -0.39 is 18.5 Å². The van der Waals surface area contributed by atoms with E-state index in [4.69, 9.17) is 37.4 Å². The van der Waals surface area contributed by atoms with Gasteiger partial charge in [0.05, 0.1) is 35.0 Å². The summed E-state index contributed by atoms with van der Waals surface area (Å²) in [5, 5.41) is 3.19. The van der Waals surface area contributed by atoms with Crippen LogP contribution < -0.4 is 14.8 Å². The number of carbonyl (C=O) groups is 2. The van der Waals surface area contributed by atoms with Gasteiger partial charge in [0.15, 0.2) is 18.1 Å². The average Bonchev–Trinajstić information content (AvgIpc) is 2.72. The highest BCUT2D eigenvalue weighted by Crippen LogP contribution is 2.33. The van der Waals surface area contributed by atoms with Crippen molar-refractivity contribution in [3.05, 3.63) is 51.5 Å². The molecule has 0 heterocycles. The Balaban J connectivity index is 1.97. The number of hydrogen-bond donors (Lipinski definition) is 1. The predicted molar refractivity (Wildman–Crippen MR) is 118 cm³/mol. The third-order valence-corrected chi connectivity index (χ3v) is 5.04. The summed E-state index contributed by atoms with van der Waals surface area (Å²) in [4.78, 5) is 24.5. The second-order valence-corrected chi connectivity index (χ2v) is 7.86. The number of benzene rings is 2. The van der Waals surface area contributed by atoms with Crippen LogP contribution in [0.1, 0.15) is 36.2 Å². The van der Waals surface area contributed by atoms with Crippen molar-refractivity contribution in [3.63, 3.8) is 0 Å². The monoisotopic (exact) mass is 453 g/mol. The molecule has 0 aliphatic rings. The van der Waals surface area contributed by atoms with Crippen LogP contribution >= 0.6 is 23.2 Å². The van der Waals surface area contributed by atoms with Crippen molar-refractivity contribution in [2.24, 2.45) is 5.92 Å². The normalized spacial score (nSPS) is 10.6. The van der Waals surface area contributed by atoms with E-state index in [-0.39, 0.29) is 11.3 Å². The number of anilines is 1. The summed E-state index contributed by atoms with van der Waals surface area (Å²) >= 11 is 12.2. The molecule has 0 unspecified atom stereocenters. The zero-order chi connectivity index (χ0) is 22.3. The van der Waals surface area contributed by atoms with Gasteiger partial charge in [0, 0.05) is 0 Å². The van der Waals surface area contributed by atoms with Gasteiger partial charge in [0.2, 0.25) is 0 Å². The van der Waals surface area contributed by atoms with Crippen molar-refractivity contribution in [1.29, 1.82) is 0 Å². The summed E-state index contributed by atoms with van der Waals surface area (Å²) in [7, 11) is 1.49. The van der Waals surface area contributed by atoms with E-state index in [0.29, 0.717) is 34.1 Å². The molecule has 0 bridgehead atoms. The lowest BCUT2D eigenvalue weighted by molar-refractivity contribution is -0.119. The first-order chi connectivity index (χ1) is 14.2. The molecule has 0 atom stereocenters. The molecule has 2 aromatic carbocycles. The molecule has 0 saturated heterocycles. The summed E-state index contributed by atoms with van der Waals surface area (Å²) < 4.78 is 16.1. The van der Waals surface area contributed by atoms with E-state index in [0.717, 1.165) is 12.0 Å². The van der Waals surface area contributed by atoms with E-state index in [9.17, 15) is 9.59 Å². The number of hydrogen-bond acceptors (Lipinski definition) is 5. The number of carbonyl (C=O) groups excluding carboxylic acids is 2. The third-order valence-electron chi connectivity index (χ3n) is 4.24. The summed E-state index contributed by atoms with van der Waals surface area (Å²) in [6, 6.07) is 8.08. The van der Waals surface area contributed by atoms with Gasteiger partial charge in [0.25, 0.3) is 5.91 Å². The highest BCUT2D eigenvalue weighted by molar-refractivity contribution is 6.40. The van der Waals surface area contributed by atoms with Crippen LogP contribution in [0, 0.1) is 12.8 Å². The topological polar surface area (TPSA) is 73.9 Å². The lowest BCUT2D eigenvalue weighted by Gasteiger charge is -2.13. The van der Waals surface area contributed by atoms with Gasteiger partial charge in [-0.2, -0.15) is 0 Å². The molecular formula is C22H25Cl2NO5. The maximum absolute atomic E-state index is 12.3. The molecule has 0 fully saturated rings. The van der Waals surface area contributed by atoms with Crippen molar-refractivity contribution >= 4 is 40.8 Å². The van der Waals surface area contributed by atoms with Crippen molar-refractivity contribution in [3.8, 4) is 11.5 Å². The molecular weight excluding hydrogens is 429 g/mol. The van der Waals surface area contributed by atoms with Gasteiger partial charge in [-0.1, -0.05) is 43.1 Å². The number of aryl methyl sites for hydroxylation is 1. The highest BCUT2D eigenvalue weighted by atomic mass is 35.5. The zero-order valence-electron chi connectivity index (χ0n) is 17.4. The van der Waals surface area contributed by atoms with E-state index in [2.05, 4.69) is 19.2 Å². The van der Waals surface area contributed by atoms with Crippen LogP contribution in [-0.4, -0.2) is 32.2 Å². The number of ether oxygens (including phenoxy) is 3. The first-order valence-corrected chi connectivity index (χ1v) is 10.2. The second-order valence-electron chi connectivity index (χ2n) is 7.07. The molecule has 0 aromatic heterocycles. The Morgan fingerprint density at radius 3 is 2.50 bits per heavy atom. The maximum Gasteiger partial charge on any atom is 0.338 e. The molecule has 0 aliphatic carbocycles. The molecule has 1 N–H and O–H groups in total. The van der Waals surface area contributed by atoms with Crippen LogP contribution in [0.3, 0.4) is 0 Å². The Bertz CT molecular complexity index is 915. The molecule has 6 nitrogen and oxygen atoms in total. The van der Waals surface area contributed by atoms with Gasteiger partial charge >= 0.3 is 5.97 Å². The summed E-state index contributed by atoms with van der Waals surface area (Å²) in [5.74, 6) is 0.241. The van der Waals surface area contributed by atoms with Gasteiger partial charge in [0.1, 0.15) is 0 Å². The van der Waals surface area contributed by atoms with E-state index in [1.54, 1.807) is 31.2 Å². The highest BCUT2D eigenvalue weighted by Gasteiger charge is 2.16. The van der Waals surface area contributed by atoms with Gasteiger partial charge in [-0.25, -0.2) is 4.79 Å². The Hall–Kier alpha value is -2.44. The van der Waals surface area contributed by atoms with Gasteiger partial charge in [-0.05, 0) is 49.1 Å². The largest absolute Gasteiger partial charge is 0.493 e. The number of amides is 1. The Kier molecular flexibility index (Phi) is 8.81. The summed E-state index contributed by atoms with van der Waals surface area (Å²) in [6.45, 7) is 6.06.